The maximum absolute atomic E-state index is 12.7. The molecule has 1 fully saturated rings. The molecule has 1 aliphatic heterocycles. The molecule has 6 nitrogen and oxygen atoms in total. The Labute approximate surface area is 119 Å². The summed E-state index contributed by atoms with van der Waals surface area (Å²) in [6.45, 7) is 2.95. The number of hydrazine groups is 1. The van der Waals surface area contributed by atoms with Crippen LogP contribution in [0.5, 0.6) is 0 Å². The lowest BCUT2D eigenvalue weighted by molar-refractivity contribution is 0.0184. The summed E-state index contributed by atoms with van der Waals surface area (Å²) >= 11 is 0. The van der Waals surface area contributed by atoms with Gasteiger partial charge in [-0.15, -0.1) is 0 Å². The molecule has 2 atom stereocenters. The normalized spacial score (nSPS) is 24.6. The van der Waals surface area contributed by atoms with Crippen molar-refractivity contribution in [2.75, 3.05) is 25.6 Å². The third-order valence-electron chi connectivity index (χ3n) is 3.82. The Morgan fingerprint density at radius 1 is 1.40 bits per heavy atom. The van der Waals surface area contributed by atoms with E-state index in [-0.39, 0.29) is 11.0 Å². The second-order valence-corrected chi connectivity index (χ2v) is 6.95. The molecule has 0 aliphatic carbocycles. The number of nitrogen functional groups attached to an aromatic ring is 1. The lowest BCUT2D eigenvalue weighted by Gasteiger charge is -2.35. The van der Waals surface area contributed by atoms with Crippen LogP contribution in [0.2, 0.25) is 0 Å². The van der Waals surface area contributed by atoms with E-state index in [1.54, 1.807) is 31.4 Å². The van der Waals surface area contributed by atoms with Crippen LogP contribution in [0.15, 0.2) is 29.2 Å². The number of hydrogen-bond donors (Lipinski definition) is 2. The lowest BCUT2D eigenvalue weighted by Crippen LogP contribution is -2.46. The van der Waals surface area contributed by atoms with Crippen LogP contribution in [-0.2, 0) is 14.8 Å². The first-order valence-electron chi connectivity index (χ1n) is 6.59. The first-order valence-corrected chi connectivity index (χ1v) is 8.03. The molecular weight excluding hydrogens is 278 g/mol. The SMILES string of the molecule is COC1CN(S(=O)(=O)c2ccccc2NN)CCC1C. The highest BCUT2D eigenvalue weighted by Gasteiger charge is 2.34. The number of benzene rings is 1. The van der Waals surface area contributed by atoms with E-state index < -0.39 is 10.0 Å². The average Bonchev–Trinajstić information content (AvgIpc) is 2.47. The van der Waals surface area contributed by atoms with Crippen LogP contribution < -0.4 is 11.3 Å². The van der Waals surface area contributed by atoms with E-state index in [0.29, 0.717) is 24.7 Å². The van der Waals surface area contributed by atoms with Crippen molar-refractivity contribution in [3.63, 3.8) is 0 Å². The van der Waals surface area contributed by atoms with E-state index in [1.165, 1.54) is 4.31 Å². The molecule has 0 amide bonds. The predicted molar refractivity (Wildman–Crippen MR) is 77.6 cm³/mol. The largest absolute Gasteiger partial charge is 0.380 e. The predicted octanol–water partition coefficient (Wildman–Crippen LogP) is 1.02. The molecule has 2 rings (SSSR count). The van der Waals surface area contributed by atoms with E-state index in [2.05, 4.69) is 12.3 Å². The monoisotopic (exact) mass is 299 g/mol. The molecule has 7 heteroatoms. The summed E-state index contributed by atoms with van der Waals surface area (Å²) in [5.41, 5.74) is 2.84. The Kier molecular flexibility index (Phi) is 4.64. The summed E-state index contributed by atoms with van der Waals surface area (Å²) in [5.74, 6) is 5.75. The molecule has 1 aromatic rings. The van der Waals surface area contributed by atoms with Gasteiger partial charge in [0.2, 0.25) is 10.0 Å². The van der Waals surface area contributed by atoms with E-state index in [1.807, 2.05) is 0 Å². The zero-order chi connectivity index (χ0) is 14.8. The number of hydrogen-bond acceptors (Lipinski definition) is 5. The Hall–Kier alpha value is -1.15. The number of para-hydroxylation sites is 1. The number of nitrogens with two attached hydrogens (primary N) is 1. The van der Waals surface area contributed by atoms with Gasteiger partial charge in [0.15, 0.2) is 0 Å². The summed E-state index contributed by atoms with van der Waals surface area (Å²) in [4.78, 5) is 0.201. The number of sulfonamides is 1. The molecule has 0 saturated carbocycles. The standard InChI is InChI=1S/C13H21N3O3S/c1-10-7-8-16(9-12(10)19-2)20(17,18)13-6-4-3-5-11(13)15-14/h3-6,10,12,15H,7-9,14H2,1-2H3. The van der Waals surface area contributed by atoms with Crippen LogP contribution in [0.3, 0.4) is 0 Å². The zero-order valence-electron chi connectivity index (χ0n) is 11.7. The second-order valence-electron chi connectivity index (χ2n) is 5.04. The second kappa shape index (κ2) is 6.09. The number of anilines is 1. The van der Waals surface area contributed by atoms with E-state index in [9.17, 15) is 8.42 Å². The molecule has 0 aromatic heterocycles. The van der Waals surface area contributed by atoms with Crippen molar-refractivity contribution in [3.05, 3.63) is 24.3 Å². The van der Waals surface area contributed by atoms with Crippen LogP contribution in [0.1, 0.15) is 13.3 Å². The highest BCUT2D eigenvalue weighted by atomic mass is 32.2. The van der Waals surface area contributed by atoms with E-state index >= 15 is 0 Å². The van der Waals surface area contributed by atoms with Gasteiger partial charge in [0, 0.05) is 20.2 Å². The van der Waals surface area contributed by atoms with Gasteiger partial charge in [0.1, 0.15) is 4.90 Å². The lowest BCUT2D eigenvalue weighted by atomic mass is 9.97. The Bertz CT molecular complexity index is 562. The topological polar surface area (TPSA) is 84.7 Å². The smallest absolute Gasteiger partial charge is 0.245 e. The minimum absolute atomic E-state index is 0.0727. The Balaban J connectivity index is 2.31. The highest BCUT2D eigenvalue weighted by molar-refractivity contribution is 7.89. The minimum Gasteiger partial charge on any atom is -0.380 e. The number of piperidine rings is 1. The van der Waals surface area contributed by atoms with Gasteiger partial charge in [0.25, 0.3) is 0 Å². The van der Waals surface area contributed by atoms with Crippen molar-refractivity contribution in [1.82, 2.24) is 4.31 Å². The van der Waals surface area contributed by atoms with Crippen molar-refractivity contribution < 1.29 is 13.2 Å². The highest BCUT2D eigenvalue weighted by Crippen LogP contribution is 2.28. The van der Waals surface area contributed by atoms with Crippen molar-refractivity contribution in [2.45, 2.75) is 24.3 Å². The summed E-state index contributed by atoms with van der Waals surface area (Å²) in [7, 11) is -1.94. The van der Waals surface area contributed by atoms with Crippen LogP contribution >= 0.6 is 0 Å². The fraction of sp³-hybridized carbons (Fsp3) is 0.538. The van der Waals surface area contributed by atoms with Gasteiger partial charge in [-0.1, -0.05) is 19.1 Å². The first-order chi connectivity index (χ1) is 9.50. The number of rotatable bonds is 4. The fourth-order valence-corrected chi connectivity index (χ4v) is 4.10. The summed E-state index contributed by atoms with van der Waals surface area (Å²) < 4.78 is 32.3. The molecule has 1 heterocycles. The molecule has 20 heavy (non-hydrogen) atoms. The molecule has 1 saturated heterocycles. The molecule has 2 unspecified atom stereocenters. The van der Waals surface area contributed by atoms with Crippen molar-refractivity contribution in [2.24, 2.45) is 11.8 Å². The number of nitrogens with one attached hydrogen (secondary N) is 1. The van der Waals surface area contributed by atoms with Gasteiger partial charge in [-0.05, 0) is 24.5 Å². The van der Waals surface area contributed by atoms with Gasteiger partial charge in [-0.2, -0.15) is 4.31 Å². The van der Waals surface area contributed by atoms with Gasteiger partial charge in [-0.25, -0.2) is 8.42 Å². The summed E-state index contributed by atoms with van der Waals surface area (Å²) in [5, 5.41) is 0. The van der Waals surface area contributed by atoms with Crippen molar-refractivity contribution in [3.8, 4) is 0 Å². The van der Waals surface area contributed by atoms with Crippen LogP contribution in [0, 0.1) is 5.92 Å². The van der Waals surface area contributed by atoms with E-state index in [0.717, 1.165) is 6.42 Å². The van der Waals surface area contributed by atoms with Crippen LogP contribution in [0.25, 0.3) is 0 Å². The number of nitrogens with zero attached hydrogens (tertiary/aromatic N) is 1. The minimum atomic E-state index is -3.56. The van der Waals surface area contributed by atoms with Crippen LogP contribution in [-0.4, -0.2) is 39.0 Å². The molecule has 0 radical (unpaired) electrons. The van der Waals surface area contributed by atoms with Crippen LogP contribution in [0.4, 0.5) is 5.69 Å². The van der Waals surface area contributed by atoms with E-state index in [4.69, 9.17) is 10.6 Å². The van der Waals surface area contributed by atoms with Crippen molar-refractivity contribution >= 4 is 15.7 Å². The summed E-state index contributed by atoms with van der Waals surface area (Å²) in [6, 6.07) is 6.64. The first kappa shape index (κ1) is 15.2. The average molecular weight is 299 g/mol. The zero-order valence-corrected chi connectivity index (χ0v) is 12.6. The maximum atomic E-state index is 12.7. The number of ether oxygens (including phenoxy) is 1. The molecule has 0 spiro atoms. The third kappa shape index (κ3) is 2.80. The Morgan fingerprint density at radius 3 is 2.75 bits per heavy atom. The quantitative estimate of drug-likeness (QED) is 0.640. The molecule has 112 valence electrons. The number of methoxy groups -OCH3 is 1. The molecule has 0 bridgehead atoms. The molecule has 1 aliphatic rings. The van der Waals surface area contributed by atoms with Gasteiger partial charge in [0.05, 0.1) is 11.8 Å². The summed E-state index contributed by atoms with van der Waals surface area (Å²) in [6.07, 6.45) is 0.715. The fourth-order valence-electron chi connectivity index (χ4n) is 2.48. The van der Waals surface area contributed by atoms with Gasteiger partial charge in [-0.3, -0.25) is 5.84 Å². The molecular formula is C13H21N3O3S. The van der Waals surface area contributed by atoms with Crippen molar-refractivity contribution in [1.29, 1.82) is 0 Å². The third-order valence-corrected chi connectivity index (χ3v) is 5.74. The van der Waals surface area contributed by atoms with Gasteiger partial charge < -0.3 is 10.2 Å². The maximum Gasteiger partial charge on any atom is 0.245 e. The Morgan fingerprint density at radius 2 is 2.10 bits per heavy atom. The molecule has 1 aromatic carbocycles. The van der Waals surface area contributed by atoms with Gasteiger partial charge >= 0.3 is 0 Å². The molecule has 3 N–H and O–H groups in total.